The number of hydrogen-bond donors (Lipinski definition) is 1. The second-order valence-corrected chi connectivity index (χ2v) is 5.32. The average Bonchev–Trinajstić information content (AvgIpc) is 2.13. The Balaban J connectivity index is 2.08. The summed E-state index contributed by atoms with van der Waals surface area (Å²) in [4.78, 5) is 0. The monoisotopic (exact) mass is 215 g/mol. The summed E-state index contributed by atoms with van der Waals surface area (Å²) < 4.78 is 11.3. The molecule has 3 nitrogen and oxygen atoms in total. The van der Waals surface area contributed by atoms with Gasteiger partial charge >= 0.3 is 0 Å². The van der Waals surface area contributed by atoms with Gasteiger partial charge < -0.3 is 15.2 Å². The second kappa shape index (κ2) is 5.83. The molecular weight excluding hydrogens is 190 g/mol. The summed E-state index contributed by atoms with van der Waals surface area (Å²) in [5.74, 6) is 0. The van der Waals surface area contributed by atoms with Crippen molar-refractivity contribution in [2.45, 2.75) is 64.2 Å². The van der Waals surface area contributed by atoms with E-state index in [1.807, 2.05) is 0 Å². The standard InChI is InChI=1S/C12H25NO2/c1-12(2,3)15-9-8-14-11-7-5-4-6-10(11)13/h10-11H,4-9,13H2,1-3H3. The van der Waals surface area contributed by atoms with Crippen LogP contribution in [-0.2, 0) is 9.47 Å². The Hall–Kier alpha value is -0.120. The fourth-order valence-electron chi connectivity index (χ4n) is 1.88. The summed E-state index contributed by atoms with van der Waals surface area (Å²) in [6, 6.07) is 0.230. The summed E-state index contributed by atoms with van der Waals surface area (Å²) in [6.07, 6.45) is 4.96. The van der Waals surface area contributed by atoms with Crippen LogP contribution in [0.3, 0.4) is 0 Å². The van der Waals surface area contributed by atoms with Crippen molar-refractivity contribution < 1.29 is 9.47 Å². The molecule has 1 saturated carbocycles. The molecule has 0 aromatic carbocycles. The van der Waals surface area contributed by atoms with Crippen LogP contribution in [0.4, 0.5) is 0 Å². The molecule has 0 aromatic rings. The van der Waals surface area contributed by atoms with E-state index in [1.165, 1.54) is 12.8 Å². The van der Waals surface area contributed by atoms with Gasteiger partial charge in [0, 0.05) is 6.04 Å². The van der Waals surface area contributed by atoms with Crippen LogP contribution < -0.4 is 5.73 Å². The number of hydrogen-bond acceptors (Lipinski definition) is 3. The summed E-state index contributed by atoms with van der Waals surface area (Å²) in [6.45, 7) is 7.49. The quantitative estimate of drug-likeness (QED) is 0.730. The molecule has 2 unspecified atom stereocenters. The molecule has 1 rings (SSSR count). The second-order valence-electron chi connectivity index (χ2n) is 5.32. The Morgan fingerprint density at radius 3 is 2.40 bits per heavy atom. The van der Waals surface area contributed by atoms with Gasteiger partial charge in [0.15, 0.2) is 0 Å². The van der Waals surface area contributed by atoms with Crippen LogP contribution in [0, 0.1) is 0 Å². The van der Waals surface area contributed by atoms with E-state index in [-0.39, 0.29) is 17.7 Å². The fraction of sp³-hybridized carbons (Fsp3) is 1.00. The fourth-order valence-corrected chi connectivity index (χ4v) is 1.88. The van der Waals surface area contributed by atoms with Crippen molar-refractivity contribution in [2.75, 3.05) is 13.2 Å². The molecule has 0 amide bonds. The van der Waals surface area contributed by atoms with Gasteiger partial charge in [0.05, 0.1) is 24.9 Å². The molecule has 0 aliphatic heterocycles. The van der Waals surface area contributed by atoms with Crippen LogP contribution in [-0.4, -0.2) is 31.0 Å². The number of nitrogens with two attached hydrogens (primary N) is 1. The van der Waals surface area contributed by atoms with Crippen LogP contribution in [0.1, 0.15) is 46.5 Å². The van der Waals surface area contributed by atoms with Gasteiger partial charge in [-0.25, -0.2) is 0 Å². The molecule has 2 N–H and O–H groups in total. The van der Waals surface area contributed by atoms with Gasteiger partial charge in [-0.3, -0.25) is 0 Å². The van der Waals surface area contributed by atoms with E-state index in [2.05, 4.69) is 20.8 Å². The first-order valence-corrected chi connectivity index (χ1v) is 6.00. The SMILES string of the molecule is CC(C)(C)OCCOC1CCCCC1N. The molecule has 1 aliphatic rings. The highest BCUT2D eigenvalue weighted by molar-refractivity contribution is 4.78. The molecule has 1 aliphatic carbocycles. The molecule has 0 heterocycles. The molecule has 3 heteroatoms. The van der Waals surface area contributed by atoms with Crippen molar-refractivity contribution >= 4 is 0 Å². The highest BCUT2D eigenvalue weighted by Gasteiger charge is 2.22. The summed E-state index contributed by atoms with van der Waals surface area (Å²) in [5.41, 5.74) is 5.91. The van der Waals surface area contributed by atoms with E-state index in [0.29, 0.717) is 13.2 Å². The predicted molar refractivity (Wildman–Crippen MR) is 61.9 cm³/mol. The summed E-state index contributed by atoms with van der Waals surface area (Å²) in [5, 5.41) is 0. The van der Waals surface area contributed by atoms with E-state index in [4.69, 9.17) is 15.2 Å². The van der Waals surface area contributed by atoms with Crippen molar-refractivity contribution in [3.63, 3.8) is 0 Å². The Labute approximate surface area is 93.3 Å². The minimum absolute atomic E-state index is 0.0714. The molecule has 90 valence electrons. The highest BCUT2D eigenvalue weighted by atomic mass is 16.5. The van der Waals surface area contributed by atoms with Crippen molar-refractivity contribution in [3.8, 4) is 0 Å². The van der Waals surface area contributed by atoms with Crippen LogP contribution >= 0.6 is 0 Å². The first-order valence-electron chi connectivity index (χ1n) is 6.00. The lowest BCUT2D eigenvalue weighted by Crippen LogP contribution is -2.40. The molecule has 0 spiro atoms. The third-order valence-electron chi connectivity index (χ3n) is 2.70. The predicted octanol–water partition coefficient (Wildman–Crippen LogP) is 2.09. The van der Waals surface area contributed by atoms with Gasteiger partial charge in [-0.2, -0.15) is 0 Å². The van der Waals surface area contributed by atoms with Crippen molar-refractivity contribution in [1.29, 1.82) is 0 Å². The molecule has 0 aromatic heterocycles. The molecule has 15 heavy (non-hydrogen) atoms. The Bertz CT molecular complexity index is 177. The third kappa shape index (κ3) is 5.50. The van der Waals surface area contributed by atoms with Gasteiger partial charge in [0.25, 0.3) is 0 Å². The molecule has 0 radical (unpaired) electrons. The minimum Gasteiger partial charge on any atom is -0.374 e. The largest absolute Gasteiger partial charge is 0.374 e. The zero-order chi connectivity index (χ0) is 11.3. The van der Waals surface area contributed by atoms with E-state index >= 15 is 0 Å². The van der Waals surface area contributed by atoms with Crippen LogP contribution in [0.25, 0.3) is 0 Å². The van der Waals surface area contributed by atoms with Gasteiger partial charge in [0.1, 0.15) is 0 Å². The van der Waals surface area contributed by atoms with E-state index in [0.717, 1.165) is 12.8 Å². The van der Waals surface area contributed by atoms with Crippen molar-refractivity contribution in [3.05, 3.63) is 0 Å². The number of ether oxygens (including phenoxy) is 2. The van der Waals surface area contributed by atoms with Crippen molar-refractivity contribution in [2.24, 2.45) is 5.73 Å². The lowest BCUT2D eigenvalue weighted by molar-refractivity contribution is -0.0615. The molecule has 2 atom stereocenters. The van der Waals surface area contributed by atoms with Crippen LogP contribution in [0.5, 0.6) is 0 Å². The Morgan fingerprint density at radius 1 is 1.13 bits per heavy atom. The normalized spacial score (nSPS) is 28.0. The molecule has 1 fully saturated rings. The maximum absolute atomic E-state index is 5.98. The zero-order valence-corrected chi connectivity index (χ0v) is 10.3. The average molecular weight is 215 g/mol. The van der Waals surface area contributed by atoms with Crippen LogP contribution in [0.15, 0.2) is 0 Å². The molecule has 0 bridgehead atoms. The molecule has 0 saturated heterocycles. The van der Waals surface area contributed by atoms with E-state index < -0.39 is 0 Å². The lowest BCUT2D eigenvalue weighted by atomic mass is 9.93. The Morgan fingerprint density at radius 2 is 1.80 bits per heavy atom. The number of rotatable bonds is 4. The maximum atomic E-state index is 5.98. The van der Waals surface area contributed by atoms with E-state index in [9.17, 15) is 0 Å². The van der Waals surface area contributed by atoms with Gasteiger partial charge in [-0.1, -0.05) is 12.8 Å². The van der Waals surface area contributed by atoms with Gasteiger partial charge in [0.2, 0.25) is 0 Å². The Kier molecular flexibility index (Phi) is 5.03. The van der Waals surface area contributed by atoms with E-state index in [1.54, 1.807) is 0 Å². The highest BCUT2D eigenvalue weighted by Crippen LogP contribution is 2.19. The lowest BCUT2D eigenvalue weighted by Gasteiger charge is -2.29. The third-order valence-corrected chi connectivity index (χ3v) is 2.70. The van der Waals surface area contributed by atoms with Gasteiger partial charge in [-0.05, 0) is 33.6 Å². The first kappa shape index (κ1) is 12.9. The molecular formula is C12H25NO2. The smallest absolute Gasteiger partial charge is 0.0727 e. The zero-order valence-electron chi connectivity index (χ0n) is 10.3. The minimum atomic E-state index is -0.0714. The van der Waals surface area contributed by atoms with Crippen LogP contribution in [0.2, 0.25) is 0 Å². The van der Waals surface area contributed by atoms with Crippen molar-refractivity contribution in [1.82, 2.24) is 0 Å². The summed E-state index contributed by atoms with van der Waals surface area (Å²) >= 11 is 0. The maximum Gasteiger partial charge on any atom is 0.0727 e. The first-order chi connectivity index (χ1) is 6.99. The topological polar surface area (TPSA) is 44.5 Å². The van der Waals surface area contributed by atoms with Gasteiger partial charge in [-0.15, -0.1) is 0 Å². The summed E-state index contributed by atoms with van der Waals surface area (Å²) in [7, 11) is 0.